The number of hydrogen-bond donors (Lipinski definition) is 1. The Bertz CT molecular complexity index is 1100. The van der Waals surface area contributed by atoms with Crippen molar-refractivity contribution < 1.29 is 9.47 Å². The maximum absolute atomic E-state index is 12.9. The largest absolute Gasteiger partial charge is 0.497 e. The van der Waals surface area contributed by atoms with Gasteiger partial charge in [-0.15, -0.1) is 0 Å². The normalized spacial score (nSPS) is 23.2. The van der Waals surface area contributed by atoms with E-state index in [1.54, 1.807) is 7.11 Å². The lowest BCUT2D eigenvalue weighted by Crippen LogP contribution is -2.56. The van der Waals surface area contributed by atoms with Crippen LogP contribution in [0.3, 0.4) is 0 Å². The number of aromatic nitrogens is 1. The number of nitrogens with one attached hydrogen (secondary N) is 1. The highest BCUT2D eigenvalue weighted by Gasteiger charge is 2.48. The molecule has 1 N–H and O–H groups in total. The predicted molar refractivity (Wildman–Crippen MR) is 101 cm³/mol. The van der Waals surface area contributed by atoms with Gasteiger partial charge in [0.25, 0.3) is 5.56 Å². The van der Waals surface area contributed by atoms with E-state index in [1.165, 1.54) is 0 Å². The zero-order valence-corrected chi connectivity index (χ0v) is 15.0. The molecule has 0 amide bonds. The van der Waals surface area contributed by atoms with Crippen LogP contribution >= 0.6 is 0 Å². The molecule has 0 radical (unpaired) electrons. The summed E-state index contributed by atoms with van der Waals surface area (Å²) in [7, 11) is 3.71. The van der Waals surface area contributed by atoms with Crippen LogP contribution in [0.1, 0.15) is 30.4 Å². The van der Waals surface area contributed by atoms with Crippen molar-refractivity contribution in [3.05, 3.63) is 63.9 Å². The topological polar surface area (TPSA) is 54.6 Å². The number of anilines is 1. The molecular weight excluding hydrogens is 328 g/mol. The molecular formula is C21H20N2O3. The highest BCUT2D eigenvalue weighted by molar-refractivity contribution is 5.87. The first-order valence-electron chi connectivity index (χ1n) is 8.77. The van der Waals surface area contributed by atoms with Crippen LogP contribution in [-0.2, 0) is 0 Å². The Morgan fingerprint density at radius 3 is 2.88 bits per heavy atom. The standard InChI is InChI=1S/C21H20N2O3/c1-21-11-15(14-10-12(25-3)8-9-17(14)23(21)2)18-19(26-21)13-6-4-5-7-16(13)22-20(18)24/h4-10,15H,11H2,1-3H3,(H,22,24). The average Bonchev–Trinajstić information content (AvgIpc) is 2.65. The lowest BCUT2D eigenvalue weighted by atomic mass is 9.77. The lowest BCUT2D eigenvalue weighted by Gasteiger charge is -2.51. The summed E-state index contributed by atoms with van der Waals surface area (Å²) in [6.45, 7) is 2.09. The number of rotatable bonds is 1. The average molecular weight is 348 g/mol. The van der Waals surface area contributed by atoms with Crippen LogP contribution in [0, 0.1) is 0 Å². The van der Waals surface area contributed by atoms with Crippen molar-refractivity contribution in [2.75, 3.05) is 19.1 Å². The fourth-order valence-corrected chi connectivity index (χ4v) is 4.37. The summed E-state index contributed by atoms with van der Waals surface area (Å²) in [5.41, 5.74) is 3.11. The van der Waals surface area contributed by atoms with E-state index in [2.05, 4.69) is 16.8 Å². The smallest absolute Gasteiger partial charge is 0.256 e. The molecule has 2 aromatic carbocycles. The first-order chi connectivity index (χ1) is 12.5. The van der Waals surface area contributed by atoms with Crippen molar-refractivity contribution in [2.24, 2.45) is 0 Å². The number of fused-ring (bicyclic) bond motifs is 8. The van der Waals surface area contributed by atoms with Gasteiger partial charge in [0.05, 0.1) is 18.2 Å². The number of nitrogens with zero attached hydrogens (tertiary/aromatic N) is 1. The van der Waals surface area contributed by atoms with Gasteiger partial charge in [-0.2, -0.15) is 0 Å². The minimum absolute atomic E-state index is 0.0293. The molecule has 0 aliphatic carbocycles. The monoisotopic (exact) mass is 348 g/mol. The minimum Gasteiger partial charge on any atom is -0.497 e. The third-order valence-electron chi connectivity index (χ3n) is 5.84. The van der Waals surface area contributed by atoms with E-state index >= 15 is 0 Å². The van der Waals surface area contributed by atoms with E-state index in [0.29, 0.717) is 11.3 Å². The molecule has 2 bridgehead atoms. The molecule has 1 aromatic heterocycles. The molecule has 0 fully saturated rings. The van der Waals surface area contributed by atoms with Gasteiger partial charge in [-0.05, 0) is 42.8 Å². The van der Waals surface area contributed by atoms with E-state index in [9.17, 15) is 4.79 Å². The van der Waals surface area contributed by atoms with Gasteiger partial charge in [-0.25, -0.2) is 0 Å². The second-order valence-corrected chi connectivity index (χ2v) is 7.26. The van der Waals surface area contributed by atoms with E-state index < -0.39 is 5.72 Å². The SMILES string of the molecule is COc1ccc2c(c1)C1CC(C)(Oc3c1c(=O)[nH]c1ccccc31)N2C. The molecule has 5 nitrogen and oxygen atoms in total. The van der Waals surface area contributed by atoms with Crippen molar-refractivity contribution in [1.82, 2.24) is 4.98 Å². The van der Waals surface area contributed by atoms with Crippen LogP contribution in [0.2, 0.25) is 0 Å². The van der Waals surface area contributed by atoms with Crippen LogP contribution in [-0.4, -0.2) is 24.9 Å². The van der Waals surface area contributed by atoms with Crippen molar-refractivity contribution in [2.45, 2.75) is 25.0 Å². The molecule has 2 aliphatic rings. The second kappa shape index (κ2) is 5.04. The maximum atomic E-state index is 12.9. The Morgan fingerprint density at radius 2 is 2.08 bits per heavy atom. The zero-order chi connectivity index (χ0) is 18.1. The molecule has 0 saturated heterocycles. The van der Waals surface area contributed by atoms with Gasteiger partial charge in [-0.1, -0.05) is 12.1 Å². The Hall–Kier alpha value is -2.95. The van der Waals surface area contributed by atoms with Gasteiger partial charge in [0.2, 0.25) is 0 Å². The van der Waals surface area contributed by atoms with Gasteiger partial charge in [0.15, 0.2) is 5.72 Å². The van der Waals surface area contributed by atoms with E-state index in [4.69, 9.17) is 9.47 Å². The Balaban J connectivity index is 1.86. The number of H-pyrrole nitrogens is 1. The fourth-order valence-electron chi connectivity index (χ4n) is 4.37. The summed E-state index contributed by atoms with van der Waals surface area (Å²) in [5, 5.41) is 0.942. The Kier molecular flexibility index (Phi) is 2.97. The first kappa shape index (κ1) is 15.3. The highest BCUT2D eigenvalue weighted by atomic mass is 16.5. The first-order valence-corrected chi connectivity index (χ1v) is 8.77. The minimum atomic E-state index is -0.504. The van der Waals surface area contributed by atoms with Crippen LogP contribution < -0.4 is 19.9 Å². The molecule has 5 rings (SSSR count). The van der Waals surface area contributed by atoms with E-state index in [0.717, 1.165) is 34.3 Å². The van der Waals surface area contributed by atoms with Crippen LogP contribution in [0.25, 0.3) is 10.9 Å². The van der Waals surface area contributed by atoms with Crippen LogP contribution in [0.4, 0.5) is 5.69 Å². The summed E-state index contributed by atoms with van der Waals surface area (Å²) in [6, 6.07) is 13.8. The summed E-state index contributed by atoms with van der Waals surface area (Å²) in [4.78, 5) is 18.1. The lowest BCUT2D eigenvalue weighted by molar-refractivity contribution is 0.0542. The van der Waals surface area contributed by atoms with Crippen LogP contribution in [0.5, 0.6) is 11.5 Å². The Morgan fingerprint density at radius 1 is 1.27 bits per heavy atom. The van der Waals surface area contributed by atoms with Gasteiger partial charge in [-0.3, -0.25) is 4.79 Å². The number of aromatic amines is 1. The molecule has 2 unspecified atom stereocenters. The summed E-state index contributed by atoms with van der Waals surface area (Å²) in [5.74, 6) is 1.47. The summed E-state index contributed by atoms with van der Waals surface area (Å²) in [6.07, 6.45) is 0.720. The number of para-hydroxylation sites is 1. The maximum Gasteiger partial charge on any atom is 0.256 e. The van der Waals surface area contributed by atoms with E-state index in [-0.39, 0.29) is 11.5 Å². The molecule has 132 valence electrons. The van der Waals surface area contributed by atoms with E-state index in [1.807, 2.05) is 49.5 Å². The molecule has 0 saturated carbocycles. The quantitative estimate of drug-likeness (QED) is 0.730. The number of pyridine rings is 1. The van der Waals surface area contributed by atoms with Gasteiger partial charge in [0, 0.05) is 30.5 Å². The third-order valence-corrected chi connectivity index (χ3v) is 5.84. The summed E-state index contributed by atoms with van der Waals surface area (Å²) < 4.78 is 11.9. The molecule has 3 aromatic rings. The number of benzene rings is 2. The van der Waals surface area contributed by atoms with Crippen LogP contribution in [0.15, 0.2) is 47.3 Å². The second-order valence-electron chi connectivity index (χ2n) is 7.26. The Labute approximate surface area is 151 Å². The molecule has 3 heterocycles. The number of ether oxygens (including phenoxy) is 2. The highest BCUT2D eigenvalue weighted by Crippen LogP contribution is 2.53. The number of methoxy groups -OCH3 is 1. The molecule has 2 aliphatic heterocycles. The predicted octanol–water partition coefficient (Wildman–Crippen LogP) is 3.62. The van der Waals surface area contributed by atoms with Crippen molar-refractivity contribution >= 4 is 16.6 Å². The molecule has 0 spiro atoms. The van der Waals surface area contributed by atoms with Crippen molar-refractivity contribution in [3.63, 3.8) is 0 Å². The third kappa shape index (κ3) is 1.88. The van der Waals surface area contributed by atoms with Gasteiger partial charge >= 0.3 is 0 Å². The summed E-state index contributed by atoms with van der Waals surface area (Å²) >= 11 is 0. The van der Waals surface area contributed by atoms with Gasteiger partial charge in [0.1, 0.15) is 11.5 Å². The number of hydrogen-bond acceptors (Lipinski definition) is 4. The van der Waals surface area contributed by atoms with Crippen molar-refractivity contribution in [1.29, 1.82) is 0 Å². The molecule has 26 heavy (non-hydrogen) atoms. The fraction of sp³-hybridized carbons (Fsp3) is 0.286. The van der Waals surface area contributed by atoms with Gasteiger partial charge < -0.3 is 19.4 Å². The van der Waals surface area contributed by atoms with Crippen molar-refractivity contribution in [3.8, 4) is 11.5 Å². The zero-order valence-electron chi connectivity index (χ0n) is 15.0. The molecule has 5 heteroatoms. The molecule has 2 atom stereocenters.